The largest absolute Gasteiger partial charge is 0.497 e. The fourth-order valence-electron chi connectivity index (χ4n) is 2.75. The molecule has 0 saturated heterocycles. The molecule has 0 unspecified atom stereocenters. The van der Waals surface area contributed by atoms with Gasteiger partial charge in [0.1, 0.15) is 5.75 Å². The summed E-state index contributed by atoms with van der Waals surface area (Å²) in [6.07, 6.45) is 4.69. The van der Waals surface area contributed by atoms with Crippen LogP contribution in [0, 0.1) is 0 Å². The lowest BCUT2D eigenvalue weighted by Gasteiger charge is -2.13. The molecule has 26 heavy (non-hydrogen) atoms. The number of hydrogen-bond acceptors (Lipinski definition) is 5. The van der Waals surface area contributed by atoms with Crippen molar-refractivity contribution in [3.05, 3.63) is 63.1 Å². The molecule has 0 fully saturated rings. The van der Waals surface area contributed by atoms with Crippen molar-refractivity contribution < 1.29 is 4.74 Å². The highest BCUT2D eigenvalue weighted by Gasteiger charge is 2.15. The van der Waals surface area contributed by atoms with Crippen molar-refractivity contribution in [2.24, 2.45) is 0 Å². The average Bonchev–Trinajstić information content (AvgIpc) is 2.68. The molecule has 0 radical (unpaired) electrons. The maximum absolute atomic E-state index is 12.9. The summed E-state index contributed by atoms with van der Waals surface area (Å²) < 4.78 is 7.89. The summed E-state index contributed by atoms with van der Waals surface area (Å²) in [7, 11) is 1.59. The van der Waals surface area contributed by atoms with Crippen LogP contribution >= 0.6 is 15.9 Å². The highest BCUT2D eigenvalue weighted by atomic mass is 79.9. The lowest BCUT2D eigenvalue weighted by Crippen LogP contribution is -2.41. The Kier molecular flexibility index (Phi) is 5.82. The molecule has 136 valence electrons. The molecular formula is C18H19BrN4O3. The van der Waals surface area contributed by atoms with Crippen LogP contribution in [-0.4, -0.2) is 31.5 Å². The molecule has 0 atom stereocenters. The van der Waals surface area contributed by atoms with Crippen molar-refractivity contribution in [3.63, 3.8) is 0 Å². The standard InChI is InChI=1S/C18H19BrN4O3/c1-26-14-6-4-13(5-7-14)12-23-17(24)15-16(21-10-9-20-15)22(18(23)25)11-3-2-8-19/h4-7,9-10H,2-3,8,11-12H2,1H3. The summed E-state index contributed by atoms with van der Waals surface area (Å²) in [5.74, 6) is 0.720. The van der Waals surface area contributed by atoms with Gasteiger partial charge in [0.05, 0.1) is 13.7 Å². The van der Waals surface area contributed by atoms with Crippen molar-refractivity contribution in [2.45, 2.75) is 25.9 Å². The summed E-state index contributed by atoms with van der Waals surface area (Å²) in [4.78, 5) is 34.1. The van der Waals surface area contributed by atoms with Crippen molar-refractivity contribution in [1.29, 1.82) is 0 Å². The molecule has 0 saturated carbocycles. The Bertz CT molecular complexity index is 1010. The molecule has 0 aliphatic rings. The number of alkyl halides is 1. The molecule has 0 N–H and O–H groups in total. The number of rotatable bonds is 7. The maximum Gasteiger partial charge on any atom is 0.333 e. The quantitative estimate of drug-likeness (QED) is 0.433. The van der Waals surface area contributed by atoms with Crippen LogP contribution in [0.3, 0.4) is 0 Å². The number of hydrogen-bond donors (Lipinski definition) is 0. The third kappa shape index (κ3) is 3.70. The van der Waals surface area contributed by atoms with Gasteiger partial charge in [0.2, 0.25) is 0 Å². The molecule has 3 rings (SSSR count). The van der Waals surface area contributed by atoms with E-state index in [-0.39, 0.29) is 17.8 Å². The lowest BCUT2D eigenvalue weighted by atomic mass is 10.2. The normalized spacial score (nSPS) is 11.0. The molecule has 2 heterocycles. The van der Waals surface area contributed by atoms with Gasteiger partial charge in [-0.15, -0.1) is 0 Å². The number of fused-ring (bicyclic) bond motifs is 1. The van der Waals surface area contributed by atoms with Gasteiger partial charge in [-0.1, -0.05) is 28.1 Å². The summed E-state index contributed by atoms with van der Waals surface area (Å²) in [6, 6.07) is 7.27. The summed E-state index contributed by atoms with van der Waals surface area (Å²) in [5, 5.41) is 0.858. The van der Waals surface area contributed by atoms with Gasteiger partial charge in [-0.25, -0.2) is 14.8 Å². The highest BCUT2D eigenvalue weighted by Crippen LogP contribution is 2.12. The fourth-order valence-corrected chi connectivity index (χ4v) is 3.15. The number of ether oxygens (including phenoxy) is 1. The molecule has 0 bridgehead atoms. The van der Waals surface area contributed by atoms with Gasteiger partial charge < -0.3 is 4.74 Å². The zero-order valence-corrected chi connectivity index (χ0v) is 16.0. The van der Waals surface area contributed by atoms with Gasteiger partial charge >= 0.3 is 5.69 Å². The van der Waals surface area contributed by atoms with Gasteiger partial charge in [-0.2, -0.15) is 0 Å². The minimum absolute atomic E-state index is 0.173. The van der Waals surface area contributed by atoms with Gasteiger partial charge in [0, 0.05) is 24.3 Å². The first-order valence-electron chi connectivity index (χ1n) is 8.29. The molecule has 0 amide bonds. The predicted octanol–water partition coefficient (Wildman–Crippen LogP) is 2.19. The van der Waals surface area contributed by atoms with Crippen LogP contribution in [0.15, 0.2) is 46.2 Å². The summed E-state index contributed by atoms with van der Waals surface area (Å²) in [5.41, 5.74) is 0.585. The topological polar surface area (TPSA) is 79.0 Å². The Morgan fingerprint density at radius 3 is 2.46 bits per heavy atom. The van der Waals surface area contributed by atoms with Crippen LogP contribution in [0.1, 0.15) is 18.4 Å². The van der Waals surface area contributed by atoms with Crippen LogP contribution < -0.4 is 16.0 Å². The third-order valence-electron chi connectivity index (χ3n) is 4.11. The minimum Gasteiger partial charge on any atom is -0.497 e. The number of halogens is 1. The van der Waals surface area contributed by atoms with E-state index >= 15 is 0 Å². The Hall–Kier alpha value is -2.48. The van der Waals surface area contributed by atoms with Crippen LogP contribution in [0.5, 0.6) is 5.75 Å². The SMILES string of the molecule is COc1ccc(Cn2c(=O)c3nccnc3n(CCCCBr)c2=O)cc1. The Morgan fingerprint density at radius 1 is 1.04 bits per heavy atom. The maximum atomic E-state index is 12.9. The number of aryl methyl sites for hydroxylation is 1. The smallest absolute Gasteiger partial charge is 0.333 e. The highest BCUT2D eigenvalue weighted by molar-refractivity contribution is 9.09. The van der Waals surface area contributed by atoms with E-state index in [9.17, 15) is 9.59 Å². The van der Waals surface area contributed by atoms with E-state index in [2.05, 4.69) is 25.9 Å². The number of aromatic nitrogens is 4. The van der Waals surface area contributed by atoms with E-state index in [4.69, 9.17) is 4.74 Å². The van der Waals surface area contributed by atoms with Crippen molar-refractivity contribution in [2.75, 3.05) is 12.4 Å². The molecule has 0 aliphatic carbocycles. The molecule has 8 heteroatoms. The molecule has 3 aromatic rings. The number of nitrogens with zero attached hydrogens (tertiary/aromatic N) is 4. The molecule has 0 spiro atoms. The second-order valence-corrected chi connectivity index (χ2v) is 6.59. The van der Waals surface area contributed by atoms with Crippen molar-refractivity contribution in [1.82, 2.24) is 19.1 Å². The predicted molar refractivity (Wildman–Crippen MR) is 103 cm³/mol. The molecule has 0 aliphatic heterocycles. The van der Waals surface area contributed by atoms with E-state index in [1.807, 2.05) is 12.1 Å². The first kappa shape index (κ1) is 18.3. The third-order valence-corrected chi connectivity index (χ3v) is 4.67. The molecule has 1 aromatic carbocycles. The van der Waals surface area contributed by atoms with Crippen LogP contribution in [0.4, 0.5) is 0 Å². The Balaban J connectivity index is 2.08. The summed E-state index contributed by atoms with van der Waals surface area (Å²) in [6.45, 7) is 0.662. The second-order valence-electron chi connectivity index (χ2n) is 5.80. The lowest BCUT2D eigenvalue weighted by molar-refractivity contribution is 0.414. The van der Waals surface area contributed by atoms with Gasteiger partial charge in [0.15, 0.2) is 11.2 Å². The minimum atomic E-state index is -0.425. The number of unbranched alkanes of at least 4 members (excludes halogenated alkanes) is 1. The Morgan fingerprint density at radius 2 is 1.77 bits per heavy atom. The average molecular weight is 419 g/mol. The van der Waals surface area contributed by atoms with Gasteiger partial charge in [-0.05, 0) is 30.5 Å². The second kappa shape index (κ2) is 8.27. The van der Waals surface area contributed by atoms with Gasteiger partial charge in [-0.3, -0.25) is 13.9 Å². The molecule has 7 nitrogen and oxygen atoms in total. The van der Waals surface area contributed by atoms with E-state index < -0.39 is 5.56 Å². The monoisotopic (exact) mass is 418 g/mol. The summed E-state index contributed by atoms with van der Waals surface area (Å²) >= 11 is 3.39. The van der Waals surface area contributed by atoms with E-state index in [0.717, 1.165) is 29.5 Å². The van der Waals surface area contributed by atoms with Crippen molar-refractivity contribution in [3.8, 4) is 5.75 Å². The van der Waals surface area contributed by atoms with Crippen LogP contribution in [0.2, 0.25) is 0 Å². The first-order valence-corrected chi connectivity index (χ1v) is 9.41. The first-order chi connectivity index (χ1) is 12.7. The number of methoxy groups -OCH3 is 1. The molecular weight excluding hydrogens is 400 g/mol. The molecule has 2 aromatic heterocycles. The number of benzene rings is 1. The fraction of sp³-hybridized carbons (Fsp3) is 0.333. The van der Waals surface area contributed by atoms with Crippen molar-refractivity contribution >= 4 is 27.1 Å². The van der Waals surface area contributed by atoms with Gasteiger partial charge in [0.25, 0.3) is 5.56 Å². The van der Waals surface area contributed by atoms with E-state index in [0.29, 0.717) is 12.2 Å². The van der Waals surface area contributed by atoms with E-state index in [1.165, 1.54) is 21.5 Å². The zero-order chi connectivity index (χ0) is 18.5. The van der Waals surface area contributed by atoms with Crippen LogP contribution in [-0.2, 0) is 13.1 Å². The van der Waals surface area contributed by atoms with E-state index in [1.54, 1.807) is 19.2 Å². The zero-order valence-electron chi connectivity index (χ0n) is 14.4. The van der Waals surface area contributed by atoms with Crippen LogP contribution in [0.25, 0.3) is 11.2 Å². The Labute approximate surface area is 158 Å².